The predicted molar refractivity (Wildman–Crippen MR) is 107 cm³/mol. The smallest absolute Gasteiger partial charge is 0.115 e. The van der Waals surface area contributed by atoms with Crippen molar-refractivity contribution in [2.75, 3.05) is 11.5 Å². The van der Waals surface area contributed by atoms with Crippen LogP contribution in [0.4, 0.5) is 0 Å². The number of thioether (sulfide) groups is 2. The summed E-state index contributed by atoms with van der Waals surface area (Å²) in [5.41, 5.74) is 5.09. The zero-order chi connectivity index (χ0) is 19.1. The number of aryl methyl sites for hydroxylation is 4. The highest BCUT2D eigenvalue weighted by Crippen LogP contribution is 2.25. The molecule has 0 aromatic carbocycles. The minimum absolute atomic E-state index is 0.654. The van der Waals surface area contributed by atoms with Crippen molar-refractivity contribution < 1.29 is 0 Å². The van der Waals surface area contributed by atoms with E-state index in [2.05, 4.69) is 34.3 Å². The van der Waals surface area contributed by atoms with Crippen LogP contribution in [0.3, 0.4) is 0 Å². The van der Waals surface area contributed by atoms with Crippen LogP contribution in [0.2, 0.25) is 0 Å². The lowest BCUT2D eigenvalue weighted by Crippen LogP contribution is -1.95. The van der Waals surface area contributed by atoms with E-state index in [4.69, 9.17) is 0 Å². The molecular weight excluding hydrogens is 360 g/mol. The Morgan fingerprint density at radius 2 is 1.19 bits per heavy atom. The standard InChI is InChI=1S/C20H20N4S2/c1-13-9-15(3)23-19(17(13)11-21)25-7-5-6-8-26-20-18(12-22)14(2)10-16(4)24-20/h5-6,9-10H,7-8H2,1-4H3. The van der Waals surface area contributed by atoms with E-state index in [1.54, 1.807) is 23.5 Å². The maximum atomic E-state index is 9.29. The highest BCUT2D eigenvalue weighted by Gasteiger charge is 2.09. The SMILES string of the molecule is Cc1cc(C)c(C#N)c(SCC=CCSc2nc(C)cc(C)c2C#N)n1. The van der Waals surface area contributed by atoms with Crippen LogP contribution in [0.5, 0.6) is 0 Å². The van der Waals surface area contributed by atoms with E-state index in [9.17, 15) is 10.5 Å². The fraction of sp³-hybridized carbons (Fsp3) is 0.300. The molecule has 0 aliphatic rings. The third-order valence-corrected chi connectivity index (χ3v) is 5.50. The Morgan fingerprint density at radius 1 is 0.808 bits per heavy atom. The van der Waals surface area contributed by atoms with Crippen LogP contribution in [-0.2, 0) is 0 Å². The zero-order valence-corrected chi connectivity index (χ0v) is 17.0. The first-order valence-corrected chi connectivity index (χ1v) is 10.1. The van der Waals surface area contributed by atoms with Crippen molar-refractivity contribution in [2.24, 2.45) is 0 Å². The zero-order valence-electron chi connectivity index (χ0n) is 15.3. The van der Waals surface area contributed by atoms with Gasteiger partial charge in [0.2, 0.25) is 0 Å². The fourth-order valence-electron chi connectivity index (χ4n) is 2.48. The summed E-state index contributed by atoms with van der Waals surface area (Å²) >= 11 is 3.12. The second-order valence-corrected chi connectivity index (χ2v) is 7.86. The molecule has 0 bridgehead atoms. The quantitative estimate of drug-likeness (QED) is 0.524. The molecule has 26 heavy (non-hydrogen) atoms. The number of nitrogens with zero attached hydrogens (tertiary/aromatic N) is 4. The van der Waals surface area contributed by atoms with Crippen molar-refractivity contribution in [3.05, 3.63) is 57.9 Å². The van der Waals surface area contributed by atoms with E-state index in [1.807, 2.05) is 39.8 Å². The third kappa shape index (κ3) is 5.11. The molecule has 0 amide bonds. The highest BCUT2D eigenvalue weighted by molar-refractivity contribution is 7.99. The number of rotatable bonds is 6. The summed E-state index contributed by atoms with van der Waals surface area (Å²) < 4.78 is 0. The Kier molecular flexibility index (Phi) is 7.26. The normalized spacial score (nSPS) is 10.7. The van der Waals surface area contributed by atoms with Gasteiger partial charge in [-0.3, -0.25) is 0 Å². The Balaban J connectivity index is 1.94. The van der Waals surface area contributed by atoms with E-state index in [0.29, 0.717) is 11.1 Å². The lowest BCUT2D eigenvalue weighted by molar-refractivity contribution is 1.03. The molecule has 0 saturated carbocycles. The monoisotopic (exact) mass is 380 g/mol. The van der Waals surface area contributed by atoms with Gasteiger partial charge in [-0.15, -0.1) is 23.5 Å². The van der Waals surface area contributed by atoms with E-state index >= 15 is 0 Å². The van der Waals surface area contributed by atoms with E-state index in [1.165, 1.54) is 0 Å². The van der Waals surface area contributed by atoms with Crippen molar-refractivity contribution in [3.8, 4) is 12.1 Å². The molecule has 0 unspecified atom stereocenters. The van der Waals surface area contributed by atoms with Crippen LogP contribution < -0.4 is 0 Å². The number of aromatic nitrogens is 2. The molecule has 0 N–H and O–H groups in total. The molecule has 0 radical (unpaired) electrons. The van der Waals surface area contributed by atoms with Crippen molar-refractivity contribution in [2.45, 2.75) is 37.7 Å². The molecule has 2 heterocycles. The Bertz CT molecular complexity index is 845. The number of hydrogen-bond acceptors (Lipinski definition) is 6. The molecule has 0 aliphatic carbocycles. The first-order chi connectivity index (χ1) is 12.5. The molecule has 2 rings (SSSR count). The molecule has 0 atom stereocenters. The molecule has 4 nitrogen and oxygen atoms in total. The molecule has 0 aliphatic heterocycles. The van der Waals surface area contributed by atoms with Crippen LogP contribution in [0, 0.1) is 50.4 Å². The fourth-order valence-corrected chi connectivity index (χ4v) is 4.38. The van der Waals surface area contributed by atoms with Gasteiger partial charge in [0.05, 0.1) is 11.1 Å². The van der Waals surface area contributed by atoms with Gasteiger partial charge in [-0.25, -0.2) is 9.97 Å². The van der Waals surface area contributed by atoms with Gasteiger partial charge >= 0.3 is 0 Å². The van der Waals surface area contributed by atoms with Gasteiger partial charge in [-0.2, -0.15) is 10.5 Å². The average Bonchev–Trinajstić information content (AvgIpc) is 2.57. The molecule has 132 valence electrons. The summed E-state index contributed by atoms with van der Waals surface area (Å²) in [6.07, 6.45) is 4.12. The molecule has 2 aromatic heterocycles. The van der Waals surface area contributed by atoms with Crippen LogP contribution in [-0.4, -0.2) is 21.5 Å². The molecule has 0 saturated heterocycles. The maximum Gasteiger partial charge on any atom is 0.115 e. The number of nitriles is 2. The van der Waals surface area contributed by atoms with Crippen LogP contribution in [0.15, 0.2) is 34.3 Å². The van der Waals surface area contributed by atoms with Crippen LogP contribution in [0.25, 0.3) is 0 Å². The van der Waals surface area contributed by atoms with E-state index in [-0.39, 0.29) is 0 Å². The molecule has 6 heteroatoms. The van der Waals surface area contributed by atoms with Crippen molar-refractivity contribution in [1.29, 1.82) is 10.5 Å². The van der Waals surface area contributed by atoms with Gasteiger partial charge in [0.25, 0.3) is 0 Å². The minimum atomic E-state index is 0.654. The Morgan fingerprint density at radius 3 is 1.54 bits per heavy atom. The molecule has 0 fully saturated rings. The molecule has 2 aromatic rings. The summed E-state index contributed by atoms with van der Waals surface area (Å²) in [6, 6.07) is 8.33. The minimum Gasteiger partial charge on any atom is -0.245 e. The molecule has 0 spiro atoms. The summed E-state index contributed by atoms with van der Waals surface area (Å²) in [4.78, 5) is 8.94. The van der Waals surface area contributed by atoms with Crippen molar-refractivity contribution in [1.82, 2.24) is 9.97 Å². The van der Waals surface area contributed by atoms with E-state index in [0.717, 1.165) is 44.1 Å². The van der Waals surface area contributed by atoms with Crippen LogP contribution >= 0.6 is 23.5 Å². The van der Waals surface area contributed by atoms with Gasteiger partial charge in [0.15, 0.2) is 0 Å². The number of hydrogen-bond donors (Lipinski definition) is 0. The van der Waals surface area contributed by atoms with Gasteiger partial charge < -0.3 is 0 Å². The number of pyridine rings is 2. The van der Waals surface area contributed by atoms with Gasteiger partial charge in [-0.05, 0) is 51.0 Å². The Labute approximate surface area is 163 Å². The van der Waals surface area contributed by atoms with Gasteiger partial charge in [0.1, 0.15) is 22.2 Å². The second kappa shape index (κ2) is 9.43. The summed E-state index contributed by atoms with van der Waals surface area (Å²) in [5, 5.41) is 20.2. The molecular formula is C20H20N4S2. The summed E-state index contributed by atoms with van der Waals surface area (Å²) in [7, 11) is 0. The van der Waals surface area contributed by atoms with Crippen LogP contribution in [0.1, 0.15) is 33.6 Å². The average molecular weight is 381 g/mol. The largest absolute Gasteiger partial charge is 0.245 e. The highest BCUT2D eigenvalue weighted by atomic mass is 32.2. The first kappa shape index (κ1) is 20.0. The van der Waals surface area contributed by atoms with E-state index < -0.39 is 0 Å². The first-order valence-electron chi connectivity index (χ1n) is 8.13. The summed E-state index contributed by atoms with van der Waals surface area (Å²) in [5.74, 6) is 1.49. The second-order valence-electron chi connectivity index (χ2n) is 5.84. The lowest BCUT2D eigenvalue weighted by atomic mass is 10.1. The predicted octanol–water partition coefficient (Wildman–Crippen LogP) is 4.89. The summed E-state index contributed by atoms with van der Waals surface area (Å²) in [6.45, 7) is 7.75. The third-order valence-electron chi connectivity index (χ3n) is 3.65. The van der Waals surface area contributed by atoms with Gasteiger partial charge in [0, 0.05) is 22.9 Å². The lowest BCUT2D eigenvalue weighted by Gasteiger charge is -2.06. The topological polar surface area (TPSA) is 73.4 Å². The van der Waals surface area contributed by atoms with Crippen molar-refractivity contribution in [3.63, 3.8) is 0 Å². The van der Waals surface area contributed by atoms with Gasteiger partial charge in [-0.1, -0.05) is 12.2 Å². The van der Waals surface area contributed by atoms with Crippen molar-refractivity contribution >= 4 is 23.5 Å². The Hall–Kier alpha value is -2.28. The maximum absolute atomic E-state index is 9.29.